The van der Waals surface area contributed by atoms with Crippen molar-refractivity contribution in [3.8, 4) is 0 Å². The number of hydrogen-bond donors (Lipinski definition) is 2. The molecule has 1 aliphatic rings. The van der Waals surface area contributed by atoms with Gasteiger partial charge in [-0.2, -0.15) is 0 Å². The summed E-state index contributed by atoms with van der Waals surface area (Å²) >= 11 is 0. The molecule has 2 N–H and O–H groups in total. The number of rotatable bonds is 3. The van der Waals surface area contributed by atoms with Crippen LogP contribution in [0.3, 0.4) is 0 Å². The van der Waals surface area contributed by atoms with Crippen molar-refractivity contribution in [3.05, 3.63) is 0 Å². The van der Waals surface area contributed by atoms with Gasteiger partial charge >= 0.3 is 0 Å². The summed E-state index contributed by atoms with van der Waals surface area (Å²) in [5.74, 6) is -0.798. The molecule has 1 heterocycles. The van der Waals surface area contributed by atoms with Gasteiger partial charge in [0.25, 0.3) is 0 Å². The largest absolute Gasteiger partial charge is 0.339 e. The van der Waals surface area contributed by atoms with Gasteiger partial charge < -0.3 is 10.2 Å². The van der Waals surface area contributed by atoms with E-state index < -0.39 is 15.8 Å². The van der Waals surface area contributed by atoms with Crippen LogP contribution >= 0.6 is 12.4 Å². The molecule has 0 aromatic heterocycles. The van der Waals surface area contributed by atoms with Gasteiger partial charge in [-0.1, -0.05) is 0 Å². The number of amides is 1. The van der Waals surface area contributed by atoms with Crippen LogP contribution in [0.4, 0.5) is 0 Å². The molecule has 0 radical (unpaired) electrons. The van der Waals surface area contributed by atoms with E-state index in [0.717, 1.165) is 0 Å². The molecule has 0 bridgehead atoms. The first kappa shape index (κ1) is 15.6. The molecule has 6 nitrogen and oxygen atoms in total. The number of nitrogens with zero attached hydrogens (tertiary/aromatic N) is 1. The number of carbonyl (C=O) groups is 1. The van der Waals surface area contributed by atoms with Crippen molar-refractivity contribution < 1.29 is 13.2 Å². The Morgan fingerprint density at radius 3 is 2.69 bits per heavy atom. The van der Waals surface area contributed by atoms with E-state index >= 15 is 0 Å². The molecule has 1 amide bonds. The third-order valence-corrected chi connectivity index (χ3v) is 3.59. The lowest BCUT2D eigenvalue weighted by molar-refractivity contribution is -0.129. The molecule has 1 saturated heterocycles. The summed E-state index contributed by atoms with van der Waals surface area (Å²) in [7, 11) is -2.14. The molecule has 1 atom stereocenters. The van der Waals surface area contributed by atoms with E-state index in [2.05, 4.69) is 10.0 Å². The zero-order chi connectivity index (χ0) is 11.5. The Hall–Kier alpha value is -0.370. The van der Waals surface area contributed by atoms with Crippen molar-refractivity contribution in [2.75, 3.05) is 32.4 Å². The van der Waals surface area contributed by atoms with Crippen LogP contribution in [0.15, 0.2) is 0 Å². The maximum atomic E-state index is 11.6. The predicted octanol–water partition coefficient (Wildman–Crippen LogP) is -1.22. The minimum absolute atomic E-state index is 0. The van der Waals surface area contributed by atoms with Crippen molar-refractivity contribution in [2.24, 2.45) is 0 Å². The van der Waals surface area contributed by atoms with E-state index in [1.165, 1.54) is 7.05 Å². The molecule has 8 heteroatoms. The Labute approximate surface area is 102 Å². The SMILES string of the molecule is CNS(=O)(=O)CC(=O)N1CCNC(C)C1.Cl. The summed E-state index contributed by atoms with van der Waals surface area (Å²) in [6, 6.07) is 0.222. The average molecular weight is 272 g/mol. The second-order valence-corrected chi connectivity index (χ2v) is 5.58. The Morgan fingerprint density at radius 1 is 1.56 bits per heavy atom. The van der Waals surface area contributed by atoms with Crippen LogP contribution in [-0.2, 0) is 14.8 Å². The zero-order valence-corrected chi connectivity index (χ0v) is 11.0. The number of halogens is 1. The highest BCUT2D eigenvalue weighted by Crippen LogP contribution is 2.00. The quantitative estimate of drug-likeness (QED) is 0.674. The maximum absolute atomic E-state index is 11.6. The third-order valence-electron chi connectivity index (χ3n) is 2.35. The highest BCUT2D eigenvalue weighted by atomic mass is 35.5. The monoisotopic (exact) mass is 271 g/mol. The molecule has 1 fully saturated rings. The summed E-state index contributed by atoms with van der Waals surface area (Å²) in [4.78, 5) is 13.2. The second-order valence-electron chi connectivity index (χ2n) is 3.66. The minimum Gasteiger partial charge on any atom is -0.339 e. The Kier molecular flexibility index (Phi) is 6.24. The van der Waals surface area contributed by atoms with Gasteiger partial charge in [-0.15, -0.1) is 12.4 Å². The molecular weight excluding hydrogens is 254 g/mol. The molecule has 1 aliphatic heterocycles. The normalized spacial score (nSPS) is 21.4. The predicted molar refractivity (Wildman–Crippen MR) is 64.1 cm³/mol. The first-order valence-electron chi connectivity index (χ1n) is 4.87. The fraction of sp³-hybridized carbons (Fsp3) is 0.875. The summed E-state index contributed by atoms with van der Waals surface area (Å²) in [6.45, 7) is 3.82. The van der Waals surface area contributed by atoms with E-state index in [1.807, 2.05) is 6.92 Å². The number of carbonyl (C=O) groups excluding carboxylic acids is 1. The van der Waals surface area contributed by atoms with Crippen LogP contribution in [0.5, 0.6) is 0 Å². The highest BCUT2D eigenvalue weighted by molar-refractivity contribution is 7.90. The summed E-state index contributed by atoms with van der Waals surface area (Å²) in [6.07, 6.45) is 0. The van der Waals surface area contributed by atoms with Crippen molar-refractivity contribution in [3.63, 3.8) is 0 Å². The van der Waals surface area contributed by atoms with Gasteiger partial charge in [-0.05, 0) is 14.0 Å². The van der Waals surface area contributed by atoms with Gasteiger partial charge in [-0.25, -0.2) is 13.1 Å². The van der Waals surface area contributed by atoms with Gasteiger partial charge in [0.2, 0.25) is 15.9 Å². The van der Waals surface area contributed by atoms with Gasteiger partial charge in [0, 0.05) is 25.7 Å². The van der Waals surface area contributed by atoms with Crippen molar-refractivity contribution in [1.82, 2.24) is 14.9 Å². The van der Waals surface area contributed by atoms with Crippen LogP contribution in [0.25, 0.3) is 0 Å². The molecular formula is C8H18ClN3O3S. The van der Waals surface area contributed by atoms with Gasteiger partial charge in [0.05, 0.1) is 0 Å². The topological polar surface area (TPSA) is 78.5 Å². The van der Waals surface area contributed by atoms with Crippen LogP contribution in [0, 0.1) is 0 Å². The summed E-state index contributed by atoms with van der Waals surface area (Å²) in [5, 5.41) is 3.18. The Bertz CT molecular complexity index is 333. The zero-order valence-electron chi connectivity index (χ0n) is 9.39. The lowest BCUT2D eigenvalue weighted by Crippen LogP contribution is -2.53. The highest BCUT2D eigenvalue weighted by Gasteiger charge is 2.24. The summed E-state index contributed by atoms with van der Waals surface area (Å²) in [5.41, 5.74) is 0. The van der Waals surface area contributed by atoms with Gasteiger partial charge in [0.1, 0.15) is 5.75 Å². The fourth-order valence-electron chi connectivity index (χ4n) is 1.48. The molecule has 16 heavy (non-hydrogen) atoms. The Balaban J connectivity index is 0.00000225. The molecule has 1 unspecified atom stereocenters. The smallest absolute Gasteiger partial charge is 0.239 e. The molecule has 96 valence electrons. The summed E-state index contributed by atoms with van der Waals surface area (Å²) < 4.78 is 24.5. The van der Waals surface area contributed by atoms with E-state index in [0.29, 0.717) is 19.6 Å². The molecule has 0 spiro atoms. The minimum atomic E-state index is -3.45. The molecule has 0 aliphatic carbocycles. The first-order valence-corrected chi connectivity index (χ1v) is 6.52. The fourth-order valence-corrected chi connectivity index (χ4v) is 2.14. The van der Waals surface area contributed by atoms with Crippen LogP contribution in [0.2, 0.25) is 0 Å². The number of sulfonamides is 1. The molecule has 0 aromatic rings. The average Bonchev–Trinajstić information content (AvgIpc) is 2.17. The lowest BCUT2D eigenvalue weighted by Gasteiger charge is -2.31. The van der Waals surface area contributed by atoms with Crippen LogP contribution < -0.4 is 10.0 Å². The molecule has 1 rings (SSSR count). The van der Waals surface area contributed by atoms with E-state index in [1.54, 1.807) is 4.90 Å². The van der Waals surface area contributed by atoms with Gasteiger partial charge in [0.15, 0.2) is 0 Å². The van der Waals surface area contributed by atoms with E-state index in [4.69, 9.17) is 0 Å². The van der Waals surface area contributed by atoms with Crippen molar-refractivity contribution >= 4 is 28.3 Å². The second kappa shape index (κ2) is 6.39. The van der Waals surface area contributed by atoms with Crippen molar-refractivity contribution in [2.45, 2.75) is 13.0 Å². The number of nitrogens with one attached hydrogen (secondary N) is 2. The first-order chi connectivity index (χ1) is 6.94. The lowest BCUT2D eigenvalue weighted by atomic mass is 10.2. The van der Waals surface area contributed by atoms with E-state index in [9.17, 15) is 13.2 Å². The third kappa shape index (κ3) is 4.65. The molecule has 0 aromatic carbocycles. The van der Waals surface area contributed by atoms with Crippen LogP contribution in [0.1, 0.15) is 6.92 Å². The van der Waals surface area contributed by atoms with Gasteiger partial charge in [-0.3, -0.25) is 4.79 Å². The number of piperazine rings is 1. The maximum Gasteiger partial charge on any atom is 0.239 e. The van der Waals surface area contributed by atoms with Crippen LogP contribution in [-0.4, -0.2) is 57.7 Å². The van der Waals surface area contributed by atoms with E-state index in [-0.39, 0.29) is 24.4 Å². The molecule has 0 saturated carbocycles. The standard InChI is InChI=1S/C8H17N3O3S.ClH/c1-7-5-11(4-3-10-7)8(12)6-15(13,14)9-2;/h7,9-10H,3-6H2,1-2H3;1H. The number of hydrogen-bond acceptors (Lipinski definition) is 4. The van der Waals surface area contributed by atoms with Crippen molar-refractivity contribution in [1.29, 1.82) is 0 Å². The Morgan fingerprint density at radius 2 is 2.19 bits per heavy atom.